The van der Waals surface area contributed by atoms with E-state index in [9.17, 15) is 14.7 Å². The van der Waals surface area contributed by atoms with Crippen LogP contribution in [0, 0.1) is 6.92 Å². The van der Waals surface area contributed by atoms with Gasteiger partial charge in [-0.3, -0.25) is 19.5 Å². The third kappa shape index (κ3) is 4.26. The van der Waals surface area contributed by atoms with Crippen molar-refractivity contribution >= 4 is 23.3 Å². The number of aryl methyl sites for hydroxylation is 1. The molecule has 0 aliphatic carbocycles. The van der Waals surface area contributed by atoms with Crippen LogP contribution in [0.3, 0.4) is 0 Å². The summed E-state index contributed by atoms with van der Waals surface area (Å²) in [5.74, 6) is -0.815. The first-order valence-corrected chi connectivity index (χ1v) is 11.1. The monoisotopic (exact) mass is 458 g/mol. The average molecular weight is 459 g/mol. The van der Waals surface area contributed by atoms with Gasteiger partial charge in [0.2, 0.25) is 0 Å². The van der Waals surface area contributed by atoms with Crippen LogP contribution in [0.5, 0.6) is 5.75 Å². The summed E-state index contributed by atoms with van der Waals surface area (Å²) in [6.45, 7) is 8.26. The van der Waals surface area contributed by atoms with Crippen LogP contribution in [0.1, 0.15) is 55.2 Å². The molecule has 3 aromatic rings. The van der Waals surface area contributed by atoms with Gasteiger partial charge >= 0.3 is 5.91 Å². The number of amides is 1. The molecular formula is C26H26N4O4. The van der Waals surface area contributed by atoms with E-state index >= 15 is 0 Å². The Labute approximate surface area is 197 Å². The highest BCUT2D eigenvalue weighted by Gasteiger charge is 2.48. The molecule has 1 atom stereocenters. The summed E-state index contributed by atoms with van der Waals surface area (Å²) in [7, 11) is 0. The molecule has 1 aliphatic rings. The third-order valence-corrected chi connectivity index (χ3v) is 5.68. The molecule has 34 heavy (non-hydrogen) atoms. The number of pyridine rings is 1. The average Bonchev–Trinajstić information content (AvgIpc) is 3.10. The molecule has 1 aromatic carbocycles. The number of aliphatic hydroxyl groups excluding tert-OH is 1. The highest BCUT2D eigenvalue weighted by molar-refractivity contribution is 6.51. The second kappa shape index (κ2) is 9.43. The fourth-order valence-electron chi connectivity index (χ4n) is 3.86. The minimum atomic E-state index is -0.975. The van der Waals surface area contributed by atoms with E-state index in [1.54, 1.807) is 43.3 Å². The summed E-state index contributed by atoms with van der Waals surface area (Å²) in [6.07, 6.45) is 1.53. The molecule has 8 heteroatoms. The zero-order valence-corrected chi connectivity index (χ0v) is 19.5. The molecule has 1 unspecified atom stereocenters. The number of aliphatic hydroxyl groups is 1. The largest absolute Gasteiger partial charge is 0.507 e. The van der Waals surface area contributed by atoms with Gasteiger partial charge < -0.3 is 9.84 Å². The maximum Gasteiger partial charge on any atom is 0.301 e. The lowest BCUT2D eigenvalue weighted by Crippen LogP contribution is -2.30. The van der Waals surface area contributed by atoms with Crippen molar-refractivity contribution in [2.45, 2.75) is 39.7 Å². The van der Waals surface area contributed by atoms with Crippen LogP contribution in [-0.4, -0.2) is 38.6 Å². The molecule has 0 bridgehead atoms. The molecule has 1 aliphatic heterocycles. The fraction of sp³-hybridized carbons (Fsp3) is 0.269. The summed E-state index contributed by atoms with van der Waals surface area (Å²) in [5.41, 5.74) is 2.54. The number of Topliss-reactive ketones (excluding diaryl/α,β-unsaturated/α-hetero) is 1. The first kappa shape index (κ1) is 23.1. The molecule has 0 saturated carbocycles. The predicted octanol–water partition coefficient (Wildman–Crippen LogP) is 4.33. The van der Waals surface area contributed by atoms with E-state index < -0.39 is 17.7 Å². The number of aromatic nitrogens is 3. The number of nitrogens with zero attached hydrogens (tertiary/aromatic N) is 4. The highest BCUT2D eigenvalue weighted by atomic mass is 16.5. The lowest BCUT2D eigenvalue weighted by molar-refractivity contribution is -0.132. The van der Waals surface area contributed by atoms with Gasteiger partial charge in [0, 0.05) is 5.56 Å². The normalized spacial score (nSPS) is 17.4. The maximum absolute atomic E-state index is 13.2. The Morgan fingerprint density at radius 3 is 2.35 bits per heavy atom. The van der Waals surface area contributed by atoms with E-state index in [1.807, 2.05) is 19.1 Å². The smallest absolute Gasteiger partial charge is 0.301 e. The Morgan fingerprint density at radius 2 is 1.79 bits per heavy atom. The van der Waals surface area contributed by atoms with E-state index in [1.165, 1.54) is 11.1 Å². The van der Waals surface area contributed by atoms with Crippen LogP contribution >= 0.6 is 0 Å². The summed E-state index contributed by atoms with van der Waals surface area (Å²) < 4.78 is 5.47. The lowest BCUT2D eigenvalue weighted by atomic mass is 9.96. The second-order valence-electron chi connectivity index (χ2n) is 8.33. The summed E-state index contributed by atoms with van der Waals surface area (Å²) in [4.78, 5) is 32.0. The third-order valence-electron chi connectivity index (χ3n) is 5.68. The zero-order valence-electron chi connectivity index (χ0n) is 19.5. The van der Waals surface area contributed by atoms with Crippen LogP contribution < -0.4 is 9.64 Å². The van der Waals surface area contributed by atoms with Gasteiger partial charge in [0.1, 0.15) is 17.6 Å². The van der Waals surface area contributed by atoms with Crippen LogP contribution in [0.4, 0.5) is 5.82 Å². The molecule has 4 rings (SSSR count). The van der Waals surface area contributed by atoms with Crippen molar-refractivity contribution in [2.75, 3.05) is 11.5 Å². The minimum absolute atomic E-state index is 0.0543. The molecule has 1 saturated heterocycles. The standard InChI is InChI=1S/C26H26N4O4/c1-5-34-19-11-12-20(27-14-19)23-22(24(31)18-9-7-17(8-10-18)15(2)3)25(32)26(33)30(23)21-13-6-16(4)28-29-21/h6-15,23,31H,5H2,1-4H3/b24-22-. The first-order chi connectivity index (χ1) is 16.3. The number of benzene rings is 1. The number of rotatable bonds is 6. The van der Waals surface area contributed by atoms with Crippen molar-refractivity contribution in [3.63, 3.8) is 0 Å². The van der Waals surface area contributed by atoms with Crippen LogP contribution in [-0.2, 0) is 9.59 Å². The number of hydrogen-bond donors (Lipinski definition) is 1. The number of ketones is 1. The predicted molar refractivity (Wildman–Crippen MR) is 127 cm³/mol. The van der Waals surface area contributed by atoms with Crippen LogP contribution in [0.2, 0.25) is 0 Å². The summed E-state index contributed by atoms with van der Waals surface area (Å²) in [5, 5.41) is 19.4. The Bertz CT molecular complexity index is 1230. The molecule has 1 amide bonds. The number of anilines is 1. The molecule has 8 nitrogen and oxygen atoms in total. The molecule has 174 valence electrons. The topological polar surface area (TPSA) is 106 Å². The van der Waals surface area contributed by atoms with Crippen molar-refractivity contribution in [1.29, 1.82) is 0 Å². The van der Waals surface area contributed by atoms with Crippen molar-refractivity contribution < 1.29 is 19.4 Å². The van der Waals surface area contributed by atoms with Crippen LogP contribution in [0.25, 0.3) is 5.76 Å². The van der Waals surface area contributed by atoms with Gasteiger partial charge in [0.05, 0.1) is 29.8 Å². The molecule has 2 aromatic heterocycles. The molecule has 3 heterocycles. The fourth-order valence-corrected chi connectivity index (χ4v) is 3.86. The Morgan fingerprint density at radius 1 is 1.06 bits per heavy atom. The van der Waals surface area contributed by atoms with E-state index in [4.69, 9.17) is 4.74 Å². The van der Waals surface area contributed by atoms with E-state index in [0.29, 0.717) is 35.2 Å². The van der Waals surface area contributed by atoms with E-state index in [-0.39, 0.29) is 17.2 Å². The van der Waals surface area contributed by atoms with Crippen molar-refractivity contribution in [2.24, 2.45) is 0 Å². The number of hydrogen-bond acceptors (Lipinski definition) is 7. The Balaban J connectivity index is 1.87. The van der Waals surface area contributed by atoms with E-state index in [2.05, 4.69) is 29.0 Å². The van der Waals surface area contributed by atoms with Gasteiger partial charge in [0.25, 0.3) is 5.78 Å². The molecule has 0 radical (unpaired) electrons. The second-order valence-corrected chi connectivity index (χ2v) is 8.33. The van der Waals surface area contributed by atoms with Crippen molar-refractivity contribution in [3.8, 4) is 5.75 Å². The van der Waals surface area contributed by atoms with Gasteiger partial charge in [0.15, 0.2) is 5.82 Å². The summed E-state index contributed by atoms with van der Waals surface area (Å²) in [6, 6.07) is 13.0. The van der Waals surface area contributed by atoms with Gasteiger partial charge in [-0.1, -0.05) is 38.1 Å². The van der Waals surface area contributed by atoms with Gasteiger partial charge in [-0.2, -0.15) is 5.10 Å². The summed E-state index contributed by atoms with van der Waals surface area (Å²) >= 11 is 0. The first-order valence-electron chi connectivity index (χ1n) is 11.1. The zero-order chi connectivity index (χ0) is 24.4. The number of carbonyl (C=O) groups is 2. The SMILES string of the molecule is CCOc1ccc(C2/C(=C(/O)c3ccc(C(C)C)cc3)C(=O)C(=O)N2c2ccc(C)nn2)nc1. The number of ether oxygens (including phenoxy) is 1. The van der Waals surface area contributed by atoms with Gasteiger partial charge in [-0.25, -0.2) is 0 Å². The minimum Gasteiger partial charge on any atom is -0.507 e. The van der Waals surface area contributed by atoms with Crippen molar-refractivity contribution in [3.05, 3.63) is 82.8 Å². The van der Waals surface area contributed by atoms with Crippen LogP contribution in [0.15, 0.2) is 60.3 Å². The van der Waals surface area contributed by atoms with E-state index in [0.717, 1.165) is 5.56 Å². The van der Waals surface area contributed by atoms with Gasteiger partial charge in [-0.05, 0) is 49.6 Å². The van der Waals surface area contributed by atoms with Crippen molar-refractivity contribution in [1.82, 2.24) is 15.2 Å². The molecule has 1 N–H and O–H groups in total. The number of carbonyl (C=O) groups excluding carboxylic acids is 2. The molecular weight excluding hydrogens is 432 g/mol. The maximum atomic E-state index is 13.2. The van der Waals surface area contributed by atoms with Gasteiger partial charge in [-0.15, -0.1) is 5.10 Å². The highest BCUT2D eigenvalue weighted by Crippen LogP contribution is 2.41. The quantitative estimate of drug-likeness (QED) is 0.333. The molecule has 1 fully saturated rings. The Kier molecular flexibility index (Phi) is 6.40. The lowest BCUT2D eigenvalue weighted by Gasteiger charge is -2.23. The Hall–Kier alpha value is -4.07. The molecule has 0 spiro atoms.